The first kappa shape index (κ1) is 16.2. The van der Waals surface area contributed by atoms with Crippen molar-refractivity contribution in [2.45, 2.75) is 33.7 Å². The Kier molecular flexibility index (Phi) is 5.34. The van der Waals surface area contributed by atoms with Crippen LogP contribution in [0.25, 0.3) is 5.69 Å². The molecule has 0 aliphatic rings. The maximum Gasteiger partial charge on any atom is 0.307 e. The van der Waals surface area contributed by atoms with Gasteiger partial charge in [0.05, 0.1) is 6.42 Å². The number of carboxylic acids is 1. The minimum atomic E-state index is -0.775. The van der Waals surface area contributed by atoms with Crippen molar-refractivity contribution in [3.05, 3.63) is 47.5 Å². The number of rotatable bonds is 4. The van der Waals surface area contributed by atoms with E-state index in [0.29, 0.717) is 6.54 Å². The first-order valence-electron chi connectivity index (χ1n) is 6.34. The smallest absolute Gasteiger partial charge is 0.307 e. The average Bonchev–Trinajstić information content (AvgIpc) is 2.73. The molecule has 0 spiro atoms. The maximum atomic E-state index is 10.6. The van der Waals surface area contributed by atoms with Crippen LogP contribution in [-0.4, -0.2) is 15.6 Å². The molecule has 1 aromatic carbocycles. The Morgan fingerprint density at radius 1 is 1.25 bits per heavy atom. The lowest BCUT2D eigenvalue weighted by molar-refractivity contribution is -0.695. The number of aliphatic carboxylic acids is 1. The SMILES string of the molecule is Cc1cc(C)c(-n2cc[n+](CCC(=O)O)c2)c(C)c1.[Cl-]. The van der Waals surface area contributed by atoms with E-state index in [1.165, 1.54) is 22.4 Å². The number of aromatic nitrogens is 2. The number of aryl methyl sites for hydroxylation is 4. The first-order valence-corrected chi connectivity index (χ1v) is 6.34. The number of hydrogen-bond acceptors (Lipinski definition) is 1. The van der Waals surface area contributed by atoms with Gasteiger partial charge in [-0.2, -0.15) is 0 Å². The second kappa shape index (κ2) is 6.57. The van der Waals surface area contributed by atoms with Crippen LogP contribution >= 0.6 is 0 Å². The van der Waals surface area contributed by atoms with E-state index in [4.69, 9.17) is 5.11 Å². The molecule has 4 nitrogen and oxygen atoms in total. The van der Waals surface area contributed by atoms with Gasteiger partial charge in [-0.15, -0.1) is 0 Å². The van der Waals surface area contributed by atoms with E-state index in [2.05, 4.69) is 32.9 Å². The van der Waals surface area contributed by atoms with Crippen LogP contribution in [0.5, 0.6) is 0 Å². The highest BCUT2D eigenvalue weighted by Crippen LogP contribution is 2.20. The van der Waals surface area contributed by atoms with Gasteiger partial charge in [0.15, 0.2) is 0 Å². The molecule has 108 valence electrons. The Bertz CT molecular complexity index is 597. The summed E-state index contributed by atoms with van der Waals surface area (Å²) in [4.78, 5) is 10.6. The molecule has 0 bridgehead atoms. The number of halogens is 1. The van der Waals surface area contributed by atoms with Crippen molar-refractivity contribution in [3.63, 3.8) is 0 Å². The van der Waals surface area contributed by atoms with E-state index < -0.39 is 5.97 Å². The molecule has 0 fully saturated rings. The second-order valence-electron chi connectivity index (χ2n) is 4.95. The number of nitrogens with zero attached hydrogens (tertiary/aromatic N) is 2. The van der Waals surface area contributed by atoms with Crippen LogP contribution < -0.4 is 17.0 Å². The predicted molar refractivity (Wildman–Crippen MR) is 72.4 cm³/mol. The number of hydrogen-bond donors (Lipinski definition) is 1. The molecule has 2 aromatic rings. The van der Waals surface area contributed by atoms with Crippen LogP contribution in [-0.2, 0) is 11.3 Å². The fraction of sp³-hybridized carbons (Fsp3) is 0.333. The predicted octanol–water partition coefficient (Wildman–Crippen LogP) is -0.831. The lowest BCUT2D eigenvalue weighted by Gasteiger charge is -2.06. The highest BCUT2D eigenvalue weighted by Gasteiger charge is 2.13. The normalized spacial score (nSPS) is 10.2. The van der Waals surface area contributed by atoms with Gasteiger partial charge in [-0.1, -0.05) is 17.7 Å². The van der Waals surface area contributed by atoms with Gasteiger partial charge in [0.1, 0.15) is 24.6 Å². The van der Waals surface area contributed by atoms with Gasteiger partial charge in [0.25, 0.3) is 0 Å². The standard InChI is InChI=1S/C15H18N2O2.ClH/c1-11-8-12(2)15(13(3)9-11)17-7-6-16(10-17)5-4-14(18)19;/h6-10H,4-5H2,1-3H3;1H. The number of carbonyl (C=O) groups is 1. The summed E-state index contributed by atoms with van der Waals surface area (Å²) in [5, 5.41) is 8.70. The van der Waals surface area contributed by atoms with E-state index in [0.717, 1.165) is 0 Å². The zero-order valence-electron chi connectivity index (χ0n) is 11.9. The molecule has 0 saturated heterocycles. The van der Waals surface area contributed by atoms with E-state index in [9.17, 15) is 4.79 Å². The topological polar surface area (TPSA) is 46.1 Å². The van der Waals surface area contributed by atoms with Gasteiger partial charge >= 0.3 is 5.97 Å². The molecule has 1 heterocycles. The molecule has 0 radical (unpaired) electrons. The summed E-state index contributed by atoms with van der Waals surface area (Å²) in [6.45, 7) is 6.77. The second-order valence-corrected chi connectivity index (χ2v) is 4.95. The summed E-state index contributed by atoms with van der Waals surface area (Å²) in [7, 11) is 0. The lowest BCUT2D eigenvalue weighted by Crippen LogP contribution is -3.00. The molecule has 0 saturated carbocycles. The number of imidazole rings is 1. The fourth-order valence-electron chi connectivity index (χ4n) is 2.46. The fourth-order valence-corrected chi connectivity index (χ4v) is 2.46. The Labute approximate surface area is 125 Å². The summed E-state index contributed by atoms with van der Waals surface area (Å²) in [6, 6.07) is 4.31. The largest absolute Gasteiger partial charge is 1.00 e. The van der Waals surface area contributed by atoms with Crippen molar-refractivity contribution in [2.24, 2.45) is 0 Å². The van der Waals surface area contributed by atoms with Crippen LogP contribution in [0.3, 0.4) is 0 Å². The summed E-state index contributed by atoms with van der Waals surface area (Å²) in [5.74, 6) is -0.775. The van der Waals surface area contributed by atoms with E-state index >= 15 is 0 Å². The quantitative estimate of drug-likeness (QED) is 0.748. The zero-order valence-corrected chi connectivity index (χ0v) is 12.7. The Morgan fingerprint density at radius 3 is 2.40 bits per heavy atom. The van der Waals surface area contributed by atoms with Gasteiger partial charge < -0.3 is 17.5 Å². The Morgan fingerprint density at radius 2 is 1.85 bits per heavy atom. The van der Waals surface area contributed by atoms with Gasteiger partial charge in [-0.3, -0.25) is 4.79 Å². The molecular formula is C15H19ClN2O2. The molecule has 1 N–H and O–H groups in total. The van der Waals surface area contributed by atoms with E-state index in [1.54, 1.807) is 0 Å². The number of carboxylic acid groups (broad SMARTS) is 1. The minimum absolute atomic E-state index is 0. The highest BCUT2D eigenvalue weighted by atomic mass is 35.5. The molecule has 5 heteroatoms. The molecule has 0 unspecified atom stereocenters. The van der Waals surface area contributed by atoms with Crippen LogP contribution in [0.15, 0.2) is 30.9 Å². The zero-order chi connectivity index (χ0) is 14.0. The van der Waals surface area contributed by atoms with Crippen molar-refractivity contribution in [2.75, 3.05) is 0 Å². The third-order valence-corrected chi connectivity index (χ3v) is 3.17. The van der Waals surface area contributed by atoms with Crippen LogP contribution in [0.2, 0.25) is 0 Å². The van der Waals surface area contributed by atoms with Gasteiger partial charge in [0.2, 0.25) is 6.33 Å². The van der Waals surface area contributed by atoms with Crippen molar-refractivity contribution < 1.29 is 26.9 Å². The Balaban J connectivity index is 0.00000200. The minimum Gasteiger partial charge on any atom is -1.00 e. The van der Waals surface area contributed by atoms with Crippen LogP contribution in [0.4, 0.5) is 0 Å². The molecular weight excluding hydrogens is 276 g/mol. The van der Waals surface area contributed by atoms with E-state index in [1.807, 2.05) is 27.9 Å². The van der Waals surface area contributed by atoms with Crippen LogP contribution in [0, 0.1) is 20.8 Å². The van der Waals surface area contributed by atoms with Crippen molar-refractivity contribution >= 4 is 5.97 Å². The summed E-state index contributed by atoms with van der Waals surface area (Å²) < 4.78 is 3.94. The summed E-state index contributed by atoms with van der Waals surface area (Å²) in [5.41, 5.74) is 4.86. The first-order chi connectivity index (χ1) is 8.97. The Hall–Kier alpha value is -1.81. The molecule has 20 heavy (non-hydrogen) atoms. The molecule has 0 aliphatic carbocycles. The third kappa shape index (κ3) is 3.61. The van der Waals surface area contributed by atoms with Gasteiger partial charge in [-0.05, 0) is 31.9 Å². The van der Waals surface area contributed by atoms with Crippen molar-refractivity contribution in [1.82, 2.24) is 4.57 Å². The molecule has 1 aromatic heterocycles. The molecule has 0 amide bonds. The highest BCUT2D eigenvalue weighted by molar-refractivity contribution is 5.66. The lowest BCUT2D eigenvalue weighted by atomic mass is 10.1. The maximum absolute atomic E-state index is 10.6. The third-order valence-electron chi connectivity index (χ3n) is 3.17. The average molecular weight is 295 g/mol. The van der Waals surface area contributed by atoms with E-state index in [-0.39, 0.29) is 18.8 Å². The molecule has 0 atom stereocenters. The van der Waals surface area contributed by atoms with Crippen molar-refractivity contribution in [1.29, 1.82) is 0 Å². The van der Waals surface area contributed by atoms with Gasteiger partial charge in [0, 0.05) is 0 Å². The van der Waals surface area contributed by atoms with Crippen molar-refractivity contribution in [3.8, 4) is 5.69 Å². The number of benzene rings is 1. The summed E-state index contributed by atoms with van der Waals surface area (Å²) in [6.07, 6.45) is 5.95. The molecule has 0 aliphatic heterocycles. The molecule has 2 rings (SSSR count). The van der Waals surface area contributed by atoms with Crippen LogP contribution in [0.1, 0.15) is 23.1 Å². The summed E-state index contributed by atoms with van der Waals surface area (Å²) >= 11 is 0. The van der Waals surface area contributed by atoms with Gasteiger partial charge in [-0.25, -0.2) is 9.13 Å². The monoisotopic (exact) mass is 294 g/mol.